The van der Waals surface area contributed by atoms with Gasteiger partial charge in [-0.2, -0.15) is 0 Å². The molecule has 0 saturated heterocycles. The number of carbonyl (C=O) groups is 1. The summed E-state index contributed by atoms with van der Waals surface area (Å²) in [6.07, 6.45) is 1.59. The number of hydrogen-bond donors (Lipinski definition) is 1. The number of nitrogens with zero attached hydrogens (tertiary/aromatic N) is 1. The van der Waals surface area contributed by atoms with Crippen molar-refractivity contribution in [1.82, 2.24) is 4.98 Å². The van der Waals surface area contributed by atoms with Gasteiger partial charge in [0.05, 0.1) is 0 Å². The van der Waals surface area contributed by atoms with Crippen LogP contribution in [-0.4, -0.2) is 10.9 Å². The minimum absolute atomic E-state index is 0.226. The molecule has 0 unspecified atom stereocenters. The Balaban J connectivity index is 2.14. The summed E-state index contributed by atoms with van der Waals surface area (Å²) >= 11 is 6.62. The summed E-state index contributed by atoms with van der Waals surface area (Å²) in [5.74, 6) is -0.226. The summed E-state index contributed by atoms with van der Waals surface area (Å²) < 4.78 is 1.76. The third-order valence-electron chi connectivity index (χ3n) is 2.04. The summed E-state index contributed by atoms with van der Waals surface area (Å²) in [7, 11) is 0. The molecule has 0 aliphatic carbocycles. The molecule has 0 aliphatic rings. The van der Waals surface area contributed by atoms with Crippen molar-refractivity contribution < 1.29 is 4.79 Å². The lowest BCUT2D eigenvalue weighted by Crippen LogP contribution is -2.13. The first-order valence-corrected chi connectivity index (χ1v) is 6.42. The van der Waals surface area contributed by atoms with Crippen LogP contribution in [0.15, 0.2) is 51.5 Å². The highest BCUT2D eigenvalue weighted by atomic mass is 79.9. The third-order valence-corrected chi connectivity index (χ3v) is 3.00. The van der Waals surface area contributed by atoms with Gasteiger partial charge in [0.15, 0.2) is 0 Å². The second-order valence-electron chi connectivity index (χ2n) is 3.33. The lowest BCUT2D eigenvalue weighted by molar-refractivity contribution is 0.102. The summed E-state index contributed by atoms with van der Waals surface area (Å²) in [6.45, 7) is 0. The largest absolute Gasteiger partial charge is 0.321 e. The Hall–Kier alpha value is -1.20. The SMILES string of the molecule is O=C(Nc1cccc(Br)c1)c1ccc(Br)cn1. The zero-order chi connectivity index (χ0) is 12.3. The Morgan fingerprint density at radius 3 is 2.59 bits per heavy atom. The Kier molecular flexibility index (Phi) is 3.91. The molecule has 0 aliphatic heterocycles. The number of hydrogen-bond acceptors (Lipinski definition) is 2. The van der Waals surface area contributed by atoms with Crippen LogP contribution in [0.2, 0.25) is 0 Å². The van der Waals surface area contributed by atoms with E-state index in [4.69, 9.17) is 0 Å². The predicted molar refractivity (Wildman–Crippen MR) is 74.0 cm³/mol. The smallest absolute Gasteiger partial charge is 0.274 e. The van der Waals surface area contributed by atoms with Gasteiger partial charge in [-0.25, -0.2) is 4.98 Å². The number of amides is 1. The van der Waals surface area contributed by atoms with Gasteiger partial charge in [-0.05, 0) is 46.3 Å². The lowest BCUT2D eigenvalue weighted by atomic mass is 10.3. The fourth-order valence-electron chi connectivity index (χ4n) is 1.27. The van der Waals surface area contributed by atoms with Crippen molar-refractivity contribution in [1.29, 1.82) is 0 Å². The molecule has 1 heterocycles. The van der Waals surface area contributed by atoms with E-state index in [0.717, 1.165) is 14.6 Å². The molecule has 17 heavy (non-hydrogen) atoms. The van der Waals surface area contributed by atoms with Crippen LogP contribution in [0.5, 0.6) is 0 Å². The summed E-state index contributed by atoms with van der Waals surface area (Å²) in [5, 5.41) is 2.77. The lowest BCUT2D eigenvalue weighted by Gasteiger charge is -2.04. The van der Waals surface area contributed by atoms with Gasteiger partial charge >= 0.3 is 0 Å². The molecule has 86 valence electrons. The molecular weight excluding hydrogens is 348 g/mol. The highest BCUT2D eigenvalue weighted by Gasteiger charge is 2.07. The van der Waals surface area contributed by atoms with Crippen LogP contribution in [0.3, 0.4) is 0 Å². The highest BCUT2D eigenvalue weighted by Crippen LogP contribution is 2.16. The third kappa shape index (κ3) is 3.38. The van der Waals surface area contributed by atoms with Crippen molar-refractivity contribution in [2.75, 3.05) is 5.32 Å². The fourth-order valence-corrected chi connectivity index (χ4v) is 1.91. The van der Waals surface area contributed by atoms with Crippen molar-refractivity contribution in [3.05, 3.63) is 57.2 Å². The molecular formula is C12H8Br2N2O. The quantitative estimate of drug-likeness (QED) is 0.888. The molecule has 1 aromatic heterocycles. The number of aromatic nitrogens is 1. The molecule has 3 nitrogen and oxygen atoms in total. The van der Waals surface area contributed by atoms with Gasteiger partial charge in [0.1, 0.15) is 5.69 Å². The number of benzene rings is 1. The van der Waals surface area contributed by atoms with Crippen LogP contribution in [0.25, 0.3) is 0 Å². The first-order chi connectivity index (χ1) is 8.15. The Morgan fingerprint density at radius 2 is 1.94 bits per heavy atom. The molecule has 0 spiro atoms. The predicted octanol–water partition coefficient (Wildman–Crippen LogP) is 3.86. The number of rotatable bonds is 2. The van der Waals surface area contributed by atoms with Crippen LogP contribution < -0.4 is 5.32 Å². The molecule has 0 saturated carbocycles. The maximum Gasteiger partial charge on any atom is 0.274 e. The Morgan fingerprint density at radius 1 is 1.12 bits per heavy atom. The van der Waals surface area contributed by atoms with Gasteiger partial charge in [0.25, 0.3) is 5.91 Å². The van der Waals surface area contributed by atoms with Crippen LogP contribution in [0, 0.1) is 0 Å². The molecule has 2 rings (SSSR count). The van der Waals surface area contributed by atoms with Crippen LogP contribution >= 0.6 is 31.9 Å². The van der Waals surface area contributed by atoms with Crippen LogP contribution in [0.4, 0.5) is 5.69 Å². The summed E-state index contributed by atoms with van der Waals surface area (Å²) in [4.78, 5) is 15.9. The second kappa shape index (κ2) is 5.42. The second-order valence-corrected chi connectivity index (χ2v) is 5.16. The van der Waals surface area contributed by atoms with Gasteiger partial charge in [-0.1, -0.05) is 22.0 Å². The maximum absolute atomic E-state index is 11.8. The van der Waals surface area contributed by atoms with E-state index in [9.17, 15) is 4.79 Å². The van der Waals surface area contributed by atoms with E-state index in [1.807, 2.05) is 24.3 Å². The van der Waals surface area contributed by atoms with E-state index < -0.39 is 0 Å². The molecule has 0 atom stereocenters. The first kappa shape index (κ1) is 12.3. The molecule has 0 fully saturated rings. The van der Waals surface area contributed by atoms with E-state index in [2.05, 4.69) is 42.2 Å². The normalized spacial score (nSPS) is 10.0. The highest BCUT2D eigenvalue weighted by molar-refractivity contribution is 9.10. The maximum atomic E-state index is 11.8. The van der Waals surface area contributed by atoms with Crippen molar-refractivity contribution >= 4 is 43.5 Å². The van der Waals surface area contributed by atoms with Gasteiger partial charge in [-0.3, -0.25) is 4.79 Å². The number of halogens is 2. The van der Waals surface area contributed by atoms with Crippen LogP contribution in [-0.2, 0) is 0 Å². The zero-order valence-electron chi connectivity index (χ0n) is 8.65. The minimum Gasteiger partial charge on any atom is -0.321 e. The standard InChI is InChI=1S/C12H8Br2N2O/c13-8-2-1-3-10(6-8)16-12(17)11-5-4-9(14)7-15-11/h1-7H,(H,16,17). The molecule has 1 amide bonds. The molecule has 5 heteroatoms. The summed E-state index contributed by atoms with van der Waals surface area (Å²) in [6, 6.07) is 10.8. The Bertz CT molecular complexity index is 540. The molecule has 1 N–H and O–H groups in total. The topological polar surface area (TPSA) is 42.0 Å². The molecule has 1 aromatic carbocycles. The van der Waals surface area contributed by atoms with E-state index in [1.54, 1.807) is 18.3 Å². The van der Waals surface area contributed by atoms with E-state index in [-0.39, 0.29) is 5.91 Å². The average Bonchev–Trinajstić information content (AvgIpc) is 2.29. The fraction of sp³-hybridized carbons (Fsp3) is 0. The van der Waals surface area contributed by atoms with Crippen molar-refractivity contribution in [2.24, 2.45) is 0 Å². The van der Waals surface area contributed by atoms with Crippen molar-refractivity contribution in [3.63, 3.8) is 0 Å². The van der Waals surface area contributed by atoms with Crippen LogP contribution in [0.1, 0.15) is 10.5 Å². The van der Waals surface area contributed by atoms with Crippen molar-refractivity contribution in [3.8, 4) is 0 Å². The number of pyridine rings is 1. The monoisotopic (exact) mass is 354 g/mol. The summed E-state index contributed by atoms with van der Waals surface area (Å²) in [5.41, 5.74) is 1.11. The minimum atomic E-state index is -0.226. The van der Waals surface area contributed by atoms with Crippen molar-refractivity contribution in [2.45, 2.75) is 0 Å². The molecule has 2 aromatic rings. The van der Waals surface area contributed by atoms with Gasteiger partial charge in [0.2, 0.25) is 0 Å². The zero-order valence-corrected chi connectivity index (χ0v) is 11.8. The number of nitrogens with one attached hydrogen (secondary N) is 1. The van der Waals surface area contributed by atoms with E-state index in [0.29, 0.717) is 5.69 Å². The molecule has 0 radical (unpaired) electrons. The van der Waals surface area contributed by atoms with Gasteiger partial charge in [-0.15, -0.1) is 0 Å². The first-order valence-electron chi connectivity index (χ1n) is 4.83. The molecule has 0 bridgehead atoms. The Labute approximate surface area is 116 Å². The van der Waals surface area contributed by atoms with Gasteiger partial charge < -0.3 is 5.32 Å². The average molecular weight is 356 g/mol. The number of anilines is 1. The van der Waals surface area contributed by atoms with Gasteiger partial charge in [0, 0.05) is 20.8 Å². The van der Waals surface area contributed by atoms with E-state index in [1.165, 1.54) is 0 Å². The number of carbonyl (C=O) groups excluding carboxylic acids is 1. The van der Waals surface area contributed by atoms with E-state index >= 15 is 0 Å².